The van der Waals surface area contributed by atoms with E-state index in [1.807, 2.05) is 0 Å². The van der Waals surface area contributed by atoms with Crippen LogP contribution >= 0.6 is 0 Å². The van der Waals surface area contributed by atoms with Gasteiger partial charge in [-0.1, -0.05) is 18.2 Å². The Morgan fingerprint density at radius 1 is 1.23 bits per heavy atom. The molecule has 1 heterocycles. The maximum Gasteiger partial charge on any atom is 0.270 e. The SMILES string of the molecule is O=C([O-])c1ccc2[nH]c(=O)c(Cc3cccc(F)c3)nc2c1. The number of aromatic carboxylic acids is 1. The molecule has 22 heavy (non-hydrogen) atoms. The Hall–Kier alpha value is -3.02. The molecule has 0 saturated heterocycles. The summed E-state index contributed by atoms with van der Waals surface area (Å²) in [7, 11) is 0. The van der Waals surface area contributed by atoms with Gasteiger partial charge in [-0.15, -0.1) is 0 Å². The lowest BCUT2D eigenvalue weighted by Crippen LogP contribution is -2.22. The molecule has 0 bridgehead atoms. The lowest BCUT2D eigenvalue weighted by molar-refractivity contribution is -0.255. The Labute approximate surface area is 124 Å². The van der Waals surface area contributed by atoms with E-state index < -0.39 is 17.3 Å². The molecule has 3 rings (SSSR count). The van der Waals surface area contributed by atoms with Crippen molar-refractivity contribution in [3.8, 4) is 0 Å². The second-order valence-corrected chi connectivity index (χ2v) is 4.84. The highest BCUT2D eigenvalue weighted by Crippen LogP contribution is 2.12. The van der Waals surface area contributed by atoms with Gasteiger partial charge < -0.3 is 14.9 Å². The highest BCUT2D eigenvalue weighted by Gasteiger charge is 2.07. The number of nitrogens with zero attached hydrogens (tertiary/aromatic N) is 1. The van der Waals surface area contributed by atoms with Crippen LogP contribution in [0.3, 0.4) is 0 Å². The molecule has 2 aromatic carbocycles. The van der Waals surface area contributed by atoms with Crippen molar-refractivity contribution in [2.45, 2.75) is 6.42 Å². The molecule has 0 radical (unpaired) electrons. The highest BCUT2D eigenvalue weighted by molar-refractivity contribution is 5.90. The van der Waals surface area contributed by atoms with Crippen molar-refractivity contribution in [2.24, 2.45) is 0 Å². The molecule has 110 valence electrons. The fourth-order valence-electron chi connectivity index (χ4n) is 2.21. The van der Waals surface area contributed by atoms with E-state index >= 15 is 0 Å². The summed E-state index contributed by atoms with van der Waals surface area (Å²) in [6.45, 7) is 0. The summed E-state index contributed by atoms with van der Waals surface area (Å²) in [6.07, 6.45) is 0.151. The second-order valence-electron chi connectivity index (χ2n) is 4.84. The van der Waals surface area contributed by atoms with E-state index in [1.54, 1.807) is 12.1 Å². The molecule has 5 nitrogen and oxygen atoms in total. The predicted octanol–water partition coefficient (Wildman–Crippen LogP) is 1.02. The van der Waals surface area contributed by atoms with Crippen molar-refractivity contribution in [2.75, 3.05) is 0 Å². The van der Waals surface area contributed by atoms with Crippen molar-refractivity contribution in [1.29, 1.82) is 0 Å². The second kappa shape index (κ2) is 5.40. The third-order valence-electron chi connectivity index (χ3n) is 3.26. The number of carbonyl (C=O) groups excluding carboxylic acids is 1. The summed E-state index contributed by atoms with van der Waals surface area (Å²) < 4.78 is 13.2. The molecule has 3 aromatic rings. The predicted molar refractivity (Wildman–Crippen MR) is 75.9 cm³/mol. The Morgan fingerprint density at radius 2 is 2.05 bits per heavy atom. The number of carboxylic acids is 1. The van der Waals surface area contributed by atoms with Crippen molar-refractivity contribution in [3.05, 3.63) is 75.5 Å². The number of H-pyrrole nitrogens is 1. The van der Waals surface area contributed by atoms with Crippen molar-refractivity contribution >= 4 is 17.0 Å². The van der Waals surface area contributed by atoms with Crippen LogP contribution in [-0.2, 0) is 6.42 Å². The first kappa shape index (κ1) is 13.9. The van der Waals surface area contributed by atoms with Gasteiger partial charge in [0.15, 0.2) is 0 Å². The number of aromatic amines is 1. The summed E-state index contributed by atoms with van der Waals surface area (Å²) in [5.74, 6) is -1.71. The summed E-state index contributed by atoms with van der Waals surface area (Å²) in [5, 5.41) is 10.9. The van der Waals surface area contributed by atoms with Gasteiger partial charge in [-0.2, -0.15) is 0 Å². The van der Waals surface area contributed by atoms with Gasteiger partial charge in [0, 0.05) is 6.42 Å². The molecule has 1 N–H and O–H groups in total. The average Bonchev–Trinajstić information content (AvgIpc) is 2.47. The molecule has 1 aromatic heterocycles. The molecule has 0 saturated carbocycles. The number of hydrogen-bond donors (Lipinski definition) is 1. The lowest BCUT2D eigenvalue weighted by Gasteiger charge is -2.06. The van der Waals surface area contributed by atoms with Crippen LogP contribution < -0.4 is 10.7 Å². The van der Waals surface area contributed by atoms with Crippen LogP contribution in [0.1, 0.15) is 21.6 Å². The maximum absolute atomic E-state index is 13.2. The number of carboxylic acid groups (broad SMARTS) is 1. The number of carbonyl (C=O) groups is 1. The van der Waals surface area contributed by atoms with Crippen LogP contribution in [0.5, 0.6) is 0 Å². The van der Waals surface area contributed by atoms with Crippen molar-refractivity contribution < 1.29 is 14.3 Å². The first-order valence-corrected chi connectivity index (χ1v) is 6.52. The quantitative estimate of drug-likeness (QED) is 0.782. The minimum Gasteiger partial charge on any atom is -0.545 e. The van der Waals surface area contributed by atoms with Crippen LogP contribution in [0.4, 0.5) is 4.39 Å². The summed E-state index contributed by atoms with van der Waals surface area (Å²) in [6, 6.07) is 9.99. The highest BCUT2D eigenvalue weighted by atomic mass is 19.1. The number of rotatable bonds is 3. The van der Waals surface area contributed by atoms with Crippen LogP contribution in [-0.4, -0.2) is 15.9 Å². The van der Waals surface area contributed by atoms with Crippen molar-refractivity contribution in [3.63, 3.8) is 0 Å². The Bertz CT molecular complexity index is 934. The van der Waals surface area contributed by atoms with E-state index in [1.165, 1.54) is 30.3 Å². The monoisotopic (exact) mass is 297 g/mol. The number of aromatic nitrogens is 2. The van der Waals surface area contributed by atoms with Gasteiger partial charge in [0.2, 0.25) is 0 Å². The van der Waals surface area contributed by atoms with Gasteiger partial charge >= 0.3 is 0 Å². The zero-order valence-electron chi connectivity index (χ0n) is 11.3. The average molecular weight is 297 g/mol. The number of benzene rings is 2. The Balaban J connectivity index is 2.07. The number of halogens is 1. The van der Waals surface area contributed by atoms with E-state index in [-0.39, 0.29) is 17.7 Å². The molecule has 0 amide bonds. The van der Waals surface area contributed by atoms with Crippen LogP contribution in [0.2, 0.25) is 0 Å². The number of hydrogen-bond acceptors (Lipinski definition) is 4. The molecule has 0 aliphatic heterocycles. The first-order valence-electron chi connectivity index (χ1n) is 6.52. The smallest absolute Gasteiger partial charge is 0.270 e. The molecular weight excluding hydrogens is 287 g/mol. The van der Waals surface area contributed by atoms with Crippen molar-refractivity contribution in [1.82, 2.24) is 9.97 Å². The third kappa shape index (κ3) is 2.71. The first-order chi connectivity index (χ1) is 10.5. The summed E-state index contributed by atoms with van der Waals surface area (Å²) in [4.78, 5) is 29.7. The van der Waals surface area contributed by atoms with E-state index in [0.29, 0.717) is 16.6 Å². The molecular formula is C16H10FN2O3-. The largest absolute Gasteiger partial charge is 0.545 e. The molecule has 6 heteroatoms. The van der Waals surface area contributed by atoms with Gasteiger partial charge in [-0.3, -0.25) is 4.79 Å². The summed E-state index contributed by atoms with van der Waals surface area (Å²) >= 11 is 0. The van der Waals surface area contributed by atoms with E-state index in [4.69, 9.17) is 0 Å². The fraction of sp³-hybridized carbons (Fsp3) is 0.0625. The molecule has 0 aliphatic carbocycles. The maximum atomic E-state index is 13.2. The van der Waals surface area contributed by atoms with Gasteiger partial charge in [0.05, 0.1) is 17.0 Å². The fourth-order valence-corrected chi connectivity index (χ4v) is 2.21. The van der Waals surface area contributed by atoms with Crippen LogP contribution in [0.15, 0.2) is 47.3 Å². The molecule has 0 fully saturated rings. The van der Waals surface area contributed by atoms with Gasteiger partial charge in [-0.25, -0.2) is 9.37 Å². The number of nitrogens with one attached hydrogen (secondary N) is 1. The van der Waals surface area contributed by atoms with E-state index in [0.717, 1.165) is 0 Å². The zero-order chi connectivity index (χ0) is 15.7. The summed E-state index contributed by atoms with van der Waals surface area (Å²) in [5.41, 5.74) is 1.15. The number of fused-ring (bicyclic) bond motifs is 1. The normalized spacial score (nSPS) is 10.8. The molecule has 0 unspecified atom stereocenters. The van der Waals surface area contributed by atoms with Gasteiger partial charge in [0.1, 0.15) is 11.5 Å². The standard InChI is InChI=1S/C16H11FN2O3/c17-11-3-1-2-9(6-11)7-14-15(20)19-12-5-4-10(16(21)22)8-13(12)18-14/h1-6,8H,7H2,(H,19,20)(H,21,22)/p-1. The van der Waals surface area contributed by atoms with Gasteiger partial charge in [0.25, 0.3) is 5.56 Å². The van der Waals surface area contributed by atoms with Crippen LogP contribution in [0.25, 0.3) is 11.0 Å². The van der Waals surface area contributed by atoms with Crippen LogP contribution in [0, 0.1) is 5.82 Å². The minimum atomic E-state index is -1.32. The van der Waals surface area contributed by atoms with E-state index in [9.17, 15) is 19.1 Å². The Morgan fingerprint density at radius 3 is 2.77 bits per heavy atom. The van der Waals surface area contributed by atoms with E-state index in [2.05, 4.69) is 9.97 Å². The molecule has 0 atom stereocenters. The Kier molecular flexibility index (Phi) is 3.42. The third-order valence-corrected chi connectivity index (χ3v) is 3.26. The lowest BCUT2D eigenvalue weighted by atomic mass is 10.1. The van der Waals surface area contributed by atoms with Gasteiger partial charge in [-0.05, 0) is 35.4 Å². The minimum absolute atomic E-state index is 0.0243. The molecule has 0 spiro atoms. The zero-order valence-corrected chi connectivity index (χ0v) is 11.3. The molecule has 0 aliphatic rings. The topological polar surface area (TPSA) is 85.9 Å².